The third kappa shape index (κ3) is 24.3. The van der Waals surface area contributed by atoms with Crippen molar-refractivity contribution in [3.63, 3.8) is 0 Å². The van der Waals surface area contributed by atoms with Gasteiger partial charge in [-0.05, 0) is 20.3 Å². The first-order valence-electron chi connectivity index (χ1n) is 8.02. The van der Waals surface area contributed by atoms with Gasteiger partial charge in [0, 0.05) is 6.42 Å². The van der Waals surface area contributed by atoms with Crippen molar-refractivity contribution in [3.8, 4) is 0 Å². The first kappa shape index (κ1) is 33.9. The molecule has 0 fully saturated rings. The maximum Gasteiger partial charge on any atom is 0.481 e. The largest absolute Gasteiger partial charge is 0.481 e. The second-order valence-electron chi connectivity index (χ2n) is 6.27. The van der Waals surface area contributed by atoms with Crippen molar-refractivity contribution >= 4 is 37.3 Å². The minimum absolute atomic E-state index is 0.191. The van der Waals surface area contributed by atoms with Gasteiger partial charge in [-0.2, -0.15) is 8.62 Å². The highest BCUT2D eigenvalue weighted by Crippen LogP contribution is 2.58. The summed E-state index contributed by atoms with van der Waals surface area (Å²) in [6, 6.07) is 0. The molecule has 0 heterocycles. The number of aliphatic carboxylic acids is 1. The fourth-order valence-corrected chi connectivity index (χ4v) is 4.62. The number of carboxylic acids is 1. The summed E-state index contributed by atoms with van der Waals surface area (Å²) in [7, 11) is -19.8. The summed E-state index contributed by atoms with van der Waals surface area (Å²) >= 11 is 0. The Hall–Kier alpha value is -0.310. The fraction of sp³-hybridized carbons (Fsp3) is 0.727. The van der Waals surface area contributed by atoms with E-state index in [0.29, 0.717) is 12.0 Å². The summed E-state index contributed by atoms with van der Waals surface area (Å²) in [6.07, 6.45) is -0.658. The first-order valence-corrected chi connectivity index (χ1v) is 14.1. The van der Waals surface area contributed by atoms with Crippen LogP contribution in [0.5, 0.6) is 0 Å². The van der Waals surface area contributed by atoms with Crippen LogP contribution in [-0.4, -0.2) is 64.4 Å². The summed E-state index contributed by atoms with van der Waals surface area (Å²) < 4.78 is 57.7. The van der Waals surface area contributed by atoms with Crippen molar-refractivity contribution in [1.29, 1.82) is 0 Å². The molecule has 0 aromatic carbocycles. The SMILES string of the molecule is C=C(C)CCOP(=O)(O)OP(=O)(O)O.C[C@@](O)(CCOP(=O)(O)OP(=O)(O)O)CC(=O)O. The number of aliphatic hydroxyl groups is 1. The van der Waals surface area contributed by atoms with Crippen LogP contribution in [0, 0.1) is 0 Å². The van der Waals surface area contributed by atoms with E-state index >= 15 is 0 Å². The quantitative estimate of drug-likeness (QED) is 0.110. The number of hydrogen-bond donors (Lipinski definition) is 8. The van der Waals surface area contributed by atoms with Gasteiger partial charge in [-0.25, -0.2) is 18.3 Å². The molecule has 0 aliphatic carbocycles. The Balaban J connectivity index is 0. The molecule has 0 aliphatic heterocycles. The minimum Gasteiger partial charge on any atom is -0.481 e. The predicted octanol–water partition coefficient (Wildman–Crippen LogP) is 1.01. The number of phosphoric acid groups is 4. The van der Waals surface area contributed by atoms with Crippen molar-refractivity contribution in [1.82, 2.24) is 0 Å². The minimum atomic E-state index is -5.19. The highest BCUT2D eigenvalue weighted by molar-refractivity contribution is 7.61. The molecule has 2 unspecified atom stereocenters. The van der Waals surface area contributed by atoms with Gasteiger partial charge in [-0.3, -0.25) is 13.8 Å². The van der Waals surface area contributed by atoms with E-state index in [-0.39, 0.29) is 13.0 Å². The molecule has 0 aromatic heterocycles. The van der Waals surface area contributed by atoms with E-state index in [1.807, 2.05) is 0 Å². The van der Waals surface area contributed by atoms with Gasteiger partial charge in [0.15, 0.2) is 0 Å². The normalized spacial score (nSPS) is 17.8. The molecule has 0 saturated heterocycles. The van der Waals surface area contributed by atoms with Crippen LogP contribution in [0.4, 0.5) is 0 Å². The van der Waals surface area contributed by atoms with Crippen LogP contribution in [0.2, 0.25) is 0 Å². The Kier molecular flexibility index (Phi) is 14.3. The van der Waals surface area contributed by atoms with E-state index in [2.05, 4.69) is 24.2 Å². The lowest BCUT2D eigenvalue weighted by molar-refractivity contribution is -0.142. The standard InChI is InChI=1S/C6H14O10P2.C5H12O7P2/c1-6(9,4-5(7)8)2-3-15-18(13,14)16-17(10,11)12;1-5(2)3-4-11-14(9,10)12-13(6,7)8/h9H,2-4H2,1H3,(H,7,8)(H,13,14)(H2,10,11,12);1,3-4H2,2H3,(H,9,10)(H2,6,7,8)/t6-;/m1./s1. The molecule has 8 N–H and O–H groups in total. The summed E-state index contributed by atoms with van der Waals surface area (Å²) in [5.74, 6) is -1.28. The third-order valence-electron chi connectivity index (χ3n) is 2.63. The van der Waals surface area contributed by atoms with Crippen LogP contribution in [0.25, 0.3) is 0 Å². The molecule has 0 radical (unpaired) electrons. The highest BCUT2D eigenvalue weighted by atomic mass is 31.3. The Morgan fingerprint density at radius 3 is 1.56 bits per heavy atom. The van der Waals surface area contributed by atoms with Gasteiger partial charge in [0.25, 0.3) is 0 Å². The van der Waals surface area contributed by atoms with Crippen LogP contribution in [0.3, 0.4) is 0 Å². The van der Waals surface area contributed by atoms with Gasteiger partial charge in [0.2, 0.25) is 0 Å². The molecule has 32 heavy (non-hydrogen) atoms. The maximum absolute atomic E-state index is 11.0. The molecule has 0 aromatic rings. The Morgan fingerprint density at radius 2 is 1.25 bits per heavy atom. The zero-order chi connectivity index (χ0) is 26.0. The van der Waals surface area contributed by atoms with Crippen molar-refractivity contribution in [3.05, 3.63) is 12.2 Å². The molecular formula is C11H26O17P4. The zero-order valence-electron chi connectivity index (χ0n) is 16.8. The molecule has 0 rings (SSSR count). The Labute approximate surface area is 182 Å². The summed E-state index contributed by atoms with van der Waals surface area (Å²) in [6.45, 7) is 5.53. The number of hydrogen-bond acceptors (Lipinski definition) is 10. The second-order valence-corrected chi connectivity index (χ2v) is 11.9. The van der Waals surface area contributed by atoms with Gasteiger partial charge < -0.3 is 39.6 Å². The van der Waals surface area contributed by atoms with E-state index in [9.17, 15) is 28.2 Å². The molecular weight excluding hydrogens is 528 g/mol. The van der Waals surface area contributed by atoms with Crippen LogP contribution in [0.1, 0.15) is 33.1 Å². The molecule has 0 aliphatic rings. The molecule has 0 spiro atoms. The summed E-state index contributed by atoms with van der Waals surface area (Å²) in [5.41, 5.74) is -0.977. The highest BCUT2D eigenvalue weighted by Gasteiger charge is 2.34. The molecule has 21 heteroatoms. The molecule has 192 valence electrons. The van der Waals surface area contributed by atoms with E-state index in [1.165, 1.54) is 0 Å². The first-order chi connectivity index (χ1) is 14.0. The number of phosphoric ester groups is 2. The summed E-state index contributed by atoms with van der Waals surface area (Å²) in [5, 5.41) is 17.9. The van der Waals surface area contributed by atoms with Crippen LogP contribution in [0.15, 0.2) is 12.2 Å². The van der Waals surface area contributed by atoms with Crippen LogP contribution >= 0.6 is 31.3 Å². The maximum atomic E-state index is 11.0. The summed E-state index contributed by atoms with van der Waals surface area (Å²) in [4.78, 5) is 60.9. The average molecular weight is 554 g/mol. The van der Waals surface area contributed by atoms with Gasteiger partial charge in [-0.1, -0.05) is 5.57 Å². The van der Waals surface area contributed by atoms with Crippen molar-refractivity contribution < 1.29 is 80.3 Å². The van der Waals surface area contributed by atoms with E-state index in [4.69, 9.17) is 34.5 Å². The number of rotatable bonds is 14. The lowest BCUT2D eigenvalue weighted by atomic mass is 9.99. The van der Waals surface area contributed by atoms with Gasteiger partial charge >= 0.3 is 37.3 Å². The topological polar surface area (TPSA) is 284 Å². The van der Waals surface area contributed by atoms with E-state index < -0.39 is 55.9 Å². The monoisotopic (exact) mass is 554 g/mol. The van der Waals surface area contributed by atoms with Crippen molar-refractivity contribution in [2.45, 2.75) is 38.7 Å². The van der Waals surface area contributed by atoms with Crippen molar-refractivity contribution in [2.24, 2.45) is 0 Å². The second kappa shape index (κ2) is 13.5. The lowest BCUT2D eigenvalue weighted by Gasteiger charge is -2.21. The molecule has 0 saturated carbocycles. The van der Waals surface area contributed by atoms with Gasteiger partial charge in [-0.15, -0.1) is 6.58 Å². The smallest absolute Gasteiger partial charge is 0.481 e. The van der Waals surface area contributed by atoms with Gasteiger partial charge in [0.1, 0.15) is 0 Å². The lowest BCUT2D eigenvalue weighted by Crippen LogP contribution is -2.29. The molecule has 17 nitrogen and oxygen atoms in total. The molecule has 3 atom stereocenters. The fourth-order valence-electron chi connectivity index (χ4n) is 1.45. The molecule has 0 bridgehead atoms. The van der Waals surface area contributed by atoms with Crippen molar-refractivity contribution in [2.75, 3.05) is 13.2 Å². The van der Waals surface area contributed by atoms with E-state index in [0.717, 1.165) is 6.92 Å². The van der Waals surface area contributed by atoms with Crippen LogP contribution < -0.4 is 0 Å². The number of carbonyl (C=O) groups is 1. The zero-order valence-corrected chi connectivity index (χ0v) is 20.4. The van der Waals surface area contributed by atoms with Crippen LogP contribution in [-0.2, 0) is 40.7 Å². The molecule has 0 amide bonds. The average Bonchev–Trinajstić information content (AvgIpc) is 2.39. The third-order valence-corrected chi connectivity index (χ3v) is 7.00. The van der Waals surface area contributed by atoms with Gasteiger partial charge in [0.05, 0.1) is 25.2 Å². The Morgan fingerprint density at radius 1 is 0.875 bits per heavy atom. The van der Waals surface area contributed by atoms with E-state index in [1.54, 1.807) is 6.92 Å². The predicted molar refractivity (Wildman–Crippen MR) is 105 cm³/mol. The number of carboxylic acid groups (broad SMARTS) is 1. The Bertz CT molecular complexity index is 809.